The largest absolute Gasteiger partial charge is 0.378 e. The van der Waals surface area contributed by atoms with Gasteiger partial charge in [0.1, 0.15) is 45.7 Å². The summed E-state index contributed by atoms with van der Waals surface area (Å²) >= 11 is 0. The zero-order valence-corrected chi connectivity index (χ0v) is 59.6. The summed E-state index contributed by atoms with van der Waals surface area (Å²) in [6.07, 6.45) is 0. The fraction of sp³-hybridized carbons (Fsp3) is 0.140. The highest BCUT2D eigenvalue weighted by molar-refractivity contribution is 6.38. The highest BCUT2D eigenvalue weighted by Crippen LogP contribution is 2.42. The number of anilines is 4. The van der Waals surface area contributed by atoms with Crippen LogP contribution in [-0.4, -0.2) is 130 Å². The van der Waals surface area contributed by atoms with Crippen molar-refractivity contribution >= 4 is 114 Å². The number of aromatic amines is 4. The molecular weight excluding hydrogens is 1390 g/mol. The van der Waals surface area contributed by atoms with Crippen molar-refractivity contribution in [2.75, 3.05) is 19.6 Å². The zero-order chi connectivity index (χ0) is 77.1. The van der Waals surface area contributed by atoms with Crippen molar-refractivity contribution in [1.82, 2.24) is 39.9 Å². The van der Waals surface area contributed by atoms with Crippen LogP contribution in [0.4, 0.5) is 22.7 Å². The minimum absolute atomic E-state index is 0.0292. The second-order valence-corrected chi connectivity index (χ2v) is 29.2. The fourth-order valence-corrected chi connectivity index (χ4v) is 13.5. The zero-order valence-electron chi connectivity index (χ0n) is 59.6. The molecule has 13 aromatic rings. The number of hydrogen-bond donors (Lipinski definition) is 8. The standard InChI is InChI=1S/C86H58N12O12/c1-83(2,107)24-20-43-12-16-55-59(28-43)79(103)95(75(55)99)51-33-49(34-52(37-51)96-76(100)56-17-13-44(21-25-84(3,4)108)29-60(56)80(96)104)73-91-67-39-63-64(40-68(67)92-73)88-71(87-63)47-10-9-11-48(32-47)72-89-65-41-69-70(42-66(65)90-72)94-74(93-69)50-35-53(97-77(101)57-18-14-45(22-26-85(5,6)109)30-61(57)81(97)105)38-54(36-50)98-78(102)58-19-15-46(23-27-86(7,8)110)31-62(58)82(98)106/h9-19,28-42,107-110H,1-8H3,(H,87,88)(H,89,90)(H,91,92)(H,93,94). The number of imide groups is 4. The Morgan fingerprint density at radius 3 is 0.736 bits per heavy atom. The van der Waals surface area contributed by atoms with Crippen molar-refractivity contribution < 1.29 is 58.8 Å². The van der Waals surface area contributed by atoms with E-state index in [1.807, 2.05) is 48.5 Å². The van der Waals surface area contributed by atoms with Crippen LogP contribution in [0.1, 0.15) is 161 Å². The summed E-state index contributed by atoms with van der Waals surface area (Å²) in [4.78, 5) is 152. The van der Waals surface area contributed by atoms with Crippen LogP contribution in [0.2, 0.25) is 0 Å². The Kier molecular flexibility index (Phi) is 15.3. The number of imidazole rings is 4. The molecule has 8 amide bonds. The Balaban J connectivity index is 0.675. The molecule has 0 saturated heterocycles. The van der Waals surface area contributed by atoms with Gasteiger partial charge in [-0.2, -0.15) is 0 Å². The van der Waals surface area contributed by atoms with Gasteiger partial charge in [0.2, 0.25) is 0 Å². The lowest BCUT2D eigenvalue weighted by Crippen LogP contribution is -2.32. The first kappa shape index (κ1) is 68.6. The highest BCUT2D eigenvalue weighted by atomic mass is 16.3. The number of carbonyl (C=O) groups is 8. The second kappa shape index (κ2) is 24.5. The number of aromatic nitrogens is 8. The number of nitrogens with zero attached hydrogens (tertiary/aromatic N) is 8. The third kappa shape index (κ3) is 12.3. The van der Waals surface area contributed by atoms with Crippen LogP contribution < -0.4 is 19.6 Å². The molecule has 0 fully saturated rings. The van der Waals surface area contributed by atoms with E-state index in [1.165, 1.54) is 116 Å². The number of fused-ring (bicyclic) bond motifs is 8. The topological polar surface area (TPSA) is 345 Å². The van der Waals surface area contributed by atoms with Crippen LogP contribution in [0.25, 0.3) is 89.7 Å². The third-order valence-corrected chi connectivity index (χ3v) is 18.6. The van der Waals surface area contributed by atoms with E-state index in [-0.39, 0.29) is 78.9 Å². The van der Waals surface area contributed by atoms with Crippen LogP contribution in [0.5, 0.6) is 0 Å². The van der Waals surface area contributed by atoms with Gasteiger partial charge in [-0.3, -0.25) is 38.4 Å². The minimum atomic E-state index is -1.33. The van der Waals surface area contributed by atoms with Crippen molar-refractivity contribution in [2.45, 2.75) is 77.8 Å². The van der Waals surface area contributed by atoms with Gasteiger partial charge in [-0.05, 0) is 195 Å². The maximum atomic E-state index is 14.4. The SMILES string of the molecule is CC(C)(O)C#Cc1ccc2c(c1)C(=O)N(c1cc(-c3nc4cc5[nH]c(-c6cccc(-c7nc8cc9[nH]c(-c%10cc(N%11C(=O)c%12ccc(C#CC(C)(C)O)cc%12C%11=O)cc(N%11C(=O)c%12ccc(C#CC(C)(C)O)cc%12C%11=O)c%10)nc9cc8[nH]7)c6)nc5cc4[nH]3)cc(N3C(=O)c4ccc(C#CC(C)(C)O)cc4C3=O)c1)C2=O. The monoisotopic (exact) mass is 1450 g/mol. The van der Waals surface area contributed by atoms with E-state index >= 15 is 0 Å². The summed E-state index contributed by atoms with van der Waals surface area (Å²) in [6.45, 7) is 12.1. The summed E-state index contributed by atoms with van der Waals surface area (Å²) in [5, 5.41) is 41.2. The van der Waals surface area contributed by atoms with Gasteiger partial charge < -0.3 is 40.4 Å². The van der Waals surface area contributed by atoms with Crippen LogP contribution in [0.15, 0.2) is 158 Å². The first-order valence-electron chi connectivity index (χ1n) is 34.5. The van der Waals surface area contributed by atoms with E-state index in [2.05, 4.69) is 67.3 Å². The molecule has 0 aliphatic carbocycles. The van der Waals surface area contributed by atoms with Crippen molar-refractivity contribution in [3.8, 4) is 92.9 Å². The normalized spacial score (nSPS) is 14.1. The lowest BCUT2D eigenvalue weighted by atomic mass is 10.0. The molecule has 24 heteroatoms. The molecule has 4 aliphatic heterocycles. The molecule has 8 N–H and O–H groups in total. The number of amides is 8. The molecule has 534 valence electrons. The van der Waals surface area contributed by atoms with Gasteiger partial charge in [0, 0.05) is 44.5 Å². The molecule has 0 radical (unpaired) electrons. The summed E-state index contributed by atoms with van der Waals surface area (Å²) in [7, 11) is 0. The molecule has 0 unspecified atom stereocenters. The molecule has 0 spiro atoms. The van der Waals surface area contributed by atoms with Crippen molar-refractivity contribution in [3.05, 3.63) is 224 Å². The summed E-state index contributed by atoms with van der Waals surface area (Å²) in [5.74, 6) is 18.5. The van der Waals surface area contributed by atoms with Gasteiger partial charge in [-0.25, -0.2) is 39.5 Å². The van der Waals surface area contributed by atoms with Gasteiger partial charge in [0.15, 0.2) is 0 Å². The van der Waals surface area contributed by atoms with Crippen molar-refractivity contribution in [1.29, 1.82) is 0 Å². The average molecular weight is 1450 g/mol. The van der Waals surface area contributed by atoms with Gasteiger partial charge in [-0.15, -0.1) is 0 Å². The van der Waals surface area contributed by atoms with E-state index < -0.39 is 69.7 Å². The Morgan fingerprint density at radius 2 is 0.500 bits per heavy atom. The van der Waals surface area contributed by atoms with E-state index in [9.17, 15) is 58.8 Å². The number of benzene rings is 9. The summed E-state index contributed by atoms with van der Waals surface area (Å²) in [6, 6.07) is 42.0. The first-order valence-corrected chi connectivity index (χ1v) is 34.5. The molecular formula is C86H58N12O12. The Hall–Kier alpha value is -14.5. The maximum Gasteiger partial charge on any atom is 0.266 e. The number of rotatable bonds is 8. The maximum absolute atomic E-state index is 14.4. The smallest absolute Gasteiger partial charge is 0.266 e. The third-order valence-electron chi connectivity index (χ3n) is 18.6. The Bertz CT molecular complexity index is 5970. The van der Waals surface area contributed by atoms with E-state index in [1.54, 1.807) is 48.5 Å². The molecule has 17 rings (SSSR count). The van der Waals surface area contributed by atoms with Gasteiger partial charge >= 0.3 is 0 Å². The van der Waals surface area contributed by atoms with Gasteiger partial charge in [0.25, 0.3) is 47.3 Å². The molecule has 0 saturated carbocycles. The minimum Gasteiger partial charge on any atom is -0.378 e. The number of H-pyrrole nitrogens is 4. The molecule has 24 nitrogen and oxygen atoms in total. The molecule has 9 aromatic carbocycles. The van der Waals surface area contributed by atoms with Crippen molar-refractivity contribution in [3.63, 3.8) is 0 Å². The number of carbonyl (C=O) groups excluding carboxylic acids is 8. The Labute approximate surface area is 624 Å². The average Bonchev–Trinajstić information content (AvgIpc) is 1.63. The van der Waals surface area contributed by atoms with Crippen molar-refractivity contribution in [2.24, 2.45) is 0 Å². The molecule has 0 bridgehead atoms. The molecule has 8 heterocycles. The van der Waals surface area contributed by atoms with Crippen LogP contribution >= 0.6 is 0 Å². The first-order chi connectivity index (χ1) is 52.2. The van der Waals surface area contributed by atoms with Crippen LogP contribution in [0.3, 0.4) is 0 Å². The van der Waals surface area contributed by atoms with Crippen LogP contribution in [-0.2, 0) is 0 Å². The summed E-state index contributed by atoms with van der Waals surface area (Å²) in [5.41, 5.74) is 3.40. The molecule has 110 heavy (non-hydrogen) atoms. The fourth-order valence-electron chi connectivity index (χ4n) is 13.5. The number of hydrogen-bond acceptors (Lipinski definition) is 16. The van der Waals surface area contributed by atoms with Gasteiger partial charge in [0.05, 0.1) is 111 Å². The number of nitrogens with one attached hydrogen (secondary N) is 4. The highest BCUT2D eigenvalue weighted by Gasteiger charge is 2.43. The number of aliphatic hydroxyl groups is 4. The van der Waals surface area contributed by atoms with E-state index in [4.69, 9.17) is 19.9 Å². The lowest BCUT2D eigenvalue weighted by Gasteiger charge is -2.20. The molecule has 4 aromatic heterocycles. The van der Waals surface area contributed by atoms with Crippen LogP contribution in [0, 0.1) is 47.4 Å². The Morgan fingerprint density at radius 1 is 0.273 bits per heavy atom. The second-order valence-electron chi connectivity index (χ2n) is 29.2. The predicted molar refractivity (Wildman–Crippen MR) is 410 cm³/mol. The van der Waals surface area contributed by atoms with E-state index in [0.29, 0.717) is 100 Å². The quantitative estimate of drug-likeness (QED) is 0.0517. The summed E-state index contributed by atoms with van der Waals surface area (Å²) < 4.78 is 0. The lowest BCUT2D eigenvalue weighted by molar-refractivity contribution is 0.0908. The molecule has 4 aliphatic rings. The van der Waals surface area contributed by atoms with Gasteiger partial charge in [-0.1, -0.05) is 65.6 Å². The molecule has 0 atom stereocenters. The predicted octanol–water partition coefficient (Wildman–Crippen LogP) is 11.6. The van der Waals surface area contributed by atoms with E-state index in [0.717, 1.165) is 19.6 Å².